The third-order valence-corrected chi connectivity index (χ3v) is 6.23. The van der Waals surface area contributed by atoms with E-state index in [0.717, 1.165) is 25.1 Å². The molecule has 0 amide bonds. The summed E-state index contributed by atoms with van der Waals surface area (Å²) >= 11 is 1.22. The predicted octanol–water partition coefficient (Wildman–Crippen LogP) is 2.93. The van der Waals surface area contributed by atoms with Crippen LogP contribution in [0, 0.1) is 0 Å². The molecule has 2 heterocycles. The Balaban J connectivity index is 1.91. The standard InChI is InChI=1S/C14H16N2O2S2/c1-16-8-2-4-11-6-7-12(10-13(11)16)15-20(17,18)14-5-3-9-19-14/h3,5-7,9-10,15H,2,4,8H2,1H3. The molecule has 0 unspecified atom stereocenters. The van der Waals surface area contributed by atoms with Gasteiger partial charge in [0.05, 0.1) is 5.69 Å². The van der Waals surface area contributed by atoms with Crippen molar-refractivity contribution in [3.63, 3.8) is 0 Å². The Morgan fingerprint density at radius 1 is 1.30 bits per heavy atom. The molecule has 0 atom stereocenters. The molecule has 0 aliphatic carbocycles. The molecule has 1 aromatic carbocycles. The van der Waals surface area contributed by atoms with Crippen molar-refractivity contribution >= 4 is 32.7 Å². The number of thiophene rings is 1. The predicted molar refractivity (Wildman–Crippen MR) is 83.2 cm³/mol. The first-order chi connectivity index (χ1) is 9.56. The van der Waals surface area contributed by atoms with Crippen LogP contribution in [-0.4, -0.2) is 22.0 Å². The molecule has 1 aliphatic rings. The van der Waals surface area contributed by atoms with Crippen molar-refractivity contribution in [3.8, 4) is 0 Å². The molecule has 0 spiro atoms. The summed E-state index contributed by atoms with van der Waals surface area (Å²) in [5.41, 5.74) is 3.01. The fourth-order valence-corrected chi connectivity index (χ4v) is 4.49. The Morgan fingerprint density at radius 2 is 2.15 bits per heavy atom. The molecule has 106 valence electrons. The molecule has 0 fully saturated rings. The number of hydrogen-bond acceptors (Lipinski definition) is 4. The van der Waals surface area contributed by atoms with Crippen molar-refractivity contribution in [2.45, 2.75) is 17.1 Å². The molecule has 3 rings (SSSR count). The molecular formula is C14H16N2O2S2. The van der Waals surface area contributed by atoms with Crippen LogP contribution in [0.2, 0.25) is 0 Å². The fourth-order valence-electron chi connectivity index (χ4n) is 2.44. The van der Waals surface area contributed by atoms with Gasteiger partial charge in [-0.05, 0) is 42.0 Å². The van der Waals surface area contributed by atoms with Gasteiger partial charge < -0.3 is 4.90 Å². The van der Waals surface area contributed by atoms with E-state index in [1.165, 1.54) is 16.9 Å². The van der Waals surface area contributed by atoms with Crippen molar-refractivity contribution in [1.29, 1.82) is 0 Å². The summed E-state index contributed by atoms with van der Waals surface area (Å²) in [4.78, 5) is 2.17. The Bertz CT molecular complexity index is 709. The Labute approximate surface area is 123 Å². The van der Waals surface area contributed by atoms with E-state index in [0.29, 0.717) is 9.90 Å². The van der Waals surface area contributed by atoms with Gasteiger partial charge in [-0.3, -0.25) is 4.72 Å². The molecule has 0 saturated carbocycles. The molecule has 0 bridgehead atoms. The molecule has 4 nitrogen and oxygen atoms in total. The van der Waals surface area contributed by atoms with E-state index in [-0.39, 0.29) is 0 Å². The summed E-state index contributed by atoms with van der Waals surface area (Å²) in [6, 6.07) is 9.11. The molecule has 1 aromatic heterocycles. The van der Waals surface area contributed by atoms with Crippen molar-refractivity contribution in [2.75, 3.05) is 23.2 Å². The van der Waals surface area contributed by atoms with Gasteiger partial charge in [0, 0.05) is 19.3 Å². The Kier molecular flexibility index (Phi) is 3.43. The summed E-state index contributed by atoms with van der Waals surface area (Å²) < 4.78 is 27.4. The lowest BCUT2D eigenvalue weighted by atomic mass is 10.0. The zero-order chi connectivity index (χ0) is 14.2. The normalized spacial score (nSPS) is 14.9. The van der Waals surface area contributed by atoms with Crippen LogP contribution in [0.1, 0.15) is 12.0 Å². The summed E-state index contributed by atoms with van der Waals surface area (Å²) in [6.45, 7) is 1.01. The first-order valence-electron chi connectivity index (χ1n) is 6.47. The molecular weight excluding hydrogens is 292 g/mol. The minimum atomic E-state index is -3.46. The lowest BCUT2D eigenvalue weighted by molar-refractivity contribution is 0.603. The number of nitrogens with one attached hydrogen (secondary N) is 1. The SMILES string of the molecule is CN1CCCc2ccc(NS(=O)(=O)c3cccs3)cc21. The second-order valence-corrected chi connectivity index (χ2v) is 7.76. The van der Waals surface area contributed by atoms with Crippen molar-refractivity contribution in [3.05, 3.63) is 41.3 Å². The van der Waals surface area contributed by atoms with E-state index in [2.05, 4.69) is 9.62 Å². The van der Waals surface area contributed by atoms with E-state index in [9.17, 15) is 8.42 Å². The van der Waals surface area contributed by atoms with Crippen LogP contribution < -0.4 is 9.62 Å². The van der Waals surface area contributed by atoms with Gasteiger partial charge in [0.25, 0.3) is 10.0 Å². The number of benzene rings is 1. The van der Waals surface area contributed by atoms with Gasteiger partial charge in [-0.2, -0.15) is 0 Å². The third kappa shape index (κ3) is 2.53. The maximum absolute atomic E-state index is 12.2. The van der Waals surface area contributed by atoms with E-state index in [4.69, 9.17) is 0 Å². The van der Waals surface area contributed by atoms with Crippen LogP contribution in [0.25, 0.3) is 0 Å². The summed E-state index contributed by atoms with van der Waals surface area (Å²) in [5.74, 6) is 0. The number of rotatable bonds is 3. The lowest BCUT2D eigenvalue weighted by Crippen LogP contribution is -2.24. The second-order valence-electron chi connectivity index (χ2n) is 4.91. The molecule has 0 radical (unpaired) electrons. The maximum atomic E-state index is 12.2. The first kappa shape index (κ1) is 13.5. The lowest BCUT2D eigenvalue weighted by Gasteiger charge is -2.28. The number of sulfonamides is 1. The number of anilines is 2. The zero-order valence-corrected chi connectivity index (χ0v) is 12.8. The molecule has 0 saturated heterocycles. The first-order valence-corrected chi connectivity index (χ1v) is 8.83. The number of aryl methyl sites for hydroxylation is 1. The number of nitrogens with zero attached hydrogens (tertiary/aromatic N) is 1. The van der Waals surface area contributed by atoms with E-state index >= 15 is 0 Å². The van der Waals surface area contributed by atoms with E-state index in [1.54, 1.807) is 17.5 Å². The topological polar surface area (TPSA) is 49.4 Å². The van der Waals surface area contributed by atoms with Crippen molar-refractivity contribution in [1.82, 2.24) is 0 Å². The van der Waals surface area contributed by atoms with E-state index < -0.39 is 10.0 Å². The highest BCUT2D eigenvalue weighted by molar-refractivity contribution is 7.94. The maximum Gasteiger partial charge on any atom is 0.271 e. The quantitative estimate of drug-likeness (QED) is 0.948. The minimum Gasteiger partial charge on any atom is -0.374 e. The van der Waals surface area contributed by atoms with Gasteiger partial charge in [-0.15, -0.1) is 11.3 Å². The van der Waals surface area contributed by atoms with E-state index in [1.807, 2.05) is 25.2 Å². The highest BCUT2D eigenvalue weighted by atomic mass is 32.2. The molecule has 2 aromatic rings. The van der Waals surface area contributed by atoms with Gasteiger partial charge in [-0.1, -0.05) is 12.1 Å². The molecule has 20 heavy (non-hydrogen) atoms. The highest BCUT2D eigenvalue weighted by Gasteiger charge is 2.18. The van der Waals surface area contributed by atoms with Crippen LogP contribution in [0.4, 0.5) is 11.4 Å². The van der Waals surface area contributed by atoms with Gasteiger partial charge in [0.1, 0.15) is 4.21 Å². The minimum absolute atomic E-state index is 0.337. The van der Waals surface area contributed by atoms with Crippen LogP contribution in [0.3, 0.4) is 0 Å². The van der Waals surface area contributed by atoms with Gasteiger partial charge in [0.2, 0.25) is 0 Å². The monoisotopic (exact) mass is 308 g/mol. The zero-order valence-electron chi connectivity index (χ0n) is 11.2. The van der Waals surface area contributed by atoms with Crippen molar-refractivity contribution in [2.24, 2.45) is 0 Å². The Hall–Kier alpha value is -1.53. The van der Waals surface area contributed by atoms with Crippen LogP contribution in [0.15, 0.2) is 39.9 Å². The number of hydrogen-bond donors (Lipinski definition) is 1. The number of fused-ring (bicyclic) bond motifs is 1. The average Bonchev–Trinajstić information content (AvgIpc) is 2.94. The van der Waals surface area contributed by atoms with Crippen molar-refractivity contribution < 1.29 is 8.42 Å². The molecule has 6 heteroatoms. The smallest absolute Gasteiger partial charge is 0.271 e. The van der Waals surface area contributed by atoms with Gasteiger partial charge in [0.15, 0.2) is 0 Å². The van der Waals surface area contributed by atoms with Crippen LogP contribution >= 0.6 is 11.3 Å². The summed E-state index contributed by atoms with van der Waals surface area (Å²) in [5, 5.41) is 1.76. The largest absolute Gasteiger partial charge is 0.374 e. The van der Waals surface area contributed by atoms with Crippen LogP contribution in [-0.2, 0) is 16.4 Å². The summed E-state index contributed by atoms with van der Waals surface area (Å²) in [7, 11) is -1.43. The summed E-state index contributed by atoms with van der Waals surface area (Å²) in [6.07, 6.45) is 2.20. The fraction of sp³-hybridized carbons (Fsp3) is 0.286. The van der Waals surface area contributed by atoms with Crippen LogP contribution in [0.5, 0.6) is 0 Å². The van der Waals surface area contributed by atoms with Gasteiger partial charge >= 0.3 is 0 Å². The average molecular weight is 308 g/mol. The molecule has 1 N–H and O–H groups in total. The molecule has 1 aliphatic heterocycles. The van der Waals surface area contributed by atoms with Gasteiger partial charge in [-0.25, -0.2) is 8.42 Å². The second kappa shape index (κ2) is 5.10. The third-order valence-electron chi connectivity index (χ3n) is 3.45. The highest BCUT2D eigenvalue weighted by Crippen LogP contribution is 2.30. The Morgan fingerprint density at radius 3 is 2.90 bits per heavy atom.